The largest absolute Gasteiger partial charge is 0.497 e. The predicted molar refractivity (Wildman–Crippen MR) is 67.2 cm³/mol. The van der Waals surface area contributed by atoms with Crippen LogP contribution in [0.2, 0.25) is 0 Å². The molecule has 0 atom stereocenters. The number of carbonyl (C=O) groups is 1. The van der Waals surface area contributed by atoms with Gasteiger partial charge in [0.05, 0.1) is 7.11 Å². The fourth-order valence-corrected chi connectivity index (χ4v) is 1.66. The van der Waals surface area contributed by atoms with Gasteiger partial charge in [-0.15, -0.1) is 0 Å². The summed E-state index contributed by atoms with van der Waals surface area (Å²) in [6.07, 6.45) is 0. The van der Waals surface area contributed by atoms with Gasteiger partial charge in [-0.3, -0.25) is 4.79 Å². The summed E-state index contributed by atoms with van der Waals surface area (Å²) in [6.45, 7) is 0. The molecule has 0 spiro atoms. The van der Waals surface area contributed by atoms with Crippen molar-refractivity contribution in [2.24, 2.45) is 0 Å². The quantitative estimate of drug-likeness (QED) is 0.668. The van der Waals surface area contributed by atoms with Crippen LogP contribution < -0.4 is 10.5 Å². The number of halogens is 1. The van der Waals surface area contributed by atoms with Crippen LogP contribution in [0.3, 0.4) is 0 Å². The van der Waals surface area contributed by atoms with E-state index in [1.165, 1.54) is 19.2 Å². The Kier molecular flexibility index (Phi) is 3.28. The smallest absolute Gasteiger partial charge is 0.195 e. The van der Waals surface area contributed by atoms with Crippen LogP contribution >= 0.6 is 0 Å². The third-order valence-corrected chi connectivity index (χ3v) is 2.59. The van der Waals surface area contributed by atoms with Crippen LogP contribution in [0.1, 0.15) is 15.9 Å². The van der Waals surface area contributed by atoms with Crippen LogP contribution in [0.15, 0.2) is 42.5 Å². The van der Waals surface area contributed by atoms with Gasteiger partial charge < -0.3 is 10.5 Å². The lowest BCUT2D eigenvalue weighted by Gasteiger charge is -2.06. The topological polar surface area (TPSA) is 52.3 Å². The molecule has 0 aliphatic carbocycles. The van der Waals surface area contributed by atoms with Crippen molar-refractivity contribution in [1.29, 1.82) is 0 Å². The van der Waals surface area contributed by atoms with Crippen molar-refractivity contribution in [1.82, 2.24) is 0 Å². The second kappa shape index (κ2) is 4.87. The molecule has 0 aromatic heterocycles. The number of anilines is 1. The molecular formula is C14H12FNO2. The summed E-state index contributed by atoms with van der Waals surface area (Å²) in [4.78, 5) is 12.2. The van der Waals surface area contributed by atoms with Gasteiger partial charge in [-0.1, -0.05) is 12.1 Å². The monoisotopic (exact) mass is 245 g/mol. The van der Waals surface area contributed by atoms with Crippen molar-refractivity contribution in [3.05, 3.63) is 59.4 Å². The highest BCUT2D eigenvalue weighted by molar-refractivity contribution is 6.12. The first-order valence-electron chi connectivity index (χ1n) is 5.35. The molecule has 2 aromatic rings. The number of benzene rings is 2. The average Bonchev–Trinajstić information content (AvgIpc) is 2.38. The molecular weight excluding hydrogens is 233 g/mol. The van der Waals surface area contributed by atoms with E-state index in [2.05, 4.69) is 0 Å². The number of ether oxygens (including phenoxy) is 1. The van der Waals surface area contributed by atoms with E-state index in [1.54, 1.807) is 24.3 Å². The summed E-state index contributed by atoms with van der Waals surface area (Å²) in [7, 11) is 1.52. The molecule has 2 aromatic carbocycles. The Labute approximate surface area is 104 Å². The van der Waals surface area contributed by atoms with Crippen LogP contribution in [-0.4, -0.2) is 12.9 Å². The molecule has 2 rings (SSSR count). The number of rotatable bonds is 3. The van der Waals surface area contributed by atoms with Gasteiger partial charge >= 0.3 is 0 Å². The van der Waals surface area contributed by atoms with E-state index in [9.17, 15) is 9.18 Å². The molecule has 0 amide bonds. The first-order valence-corrected chi connectivity index (χ1v) is 5.35. The van der Waals surface area contributed by atoms with Gasteiger partial charge in [-0.25, -0.2) is 4.39 Å². The third kappa shape index (κ3) is 2.32. The zero-order valence-electron chi connectivity index (χ0n) is 9.81. The molecule has 92 valence electrons. The third-order valence-electron chi connectivity index (χ3n) is 2.59. The van der Waals surface area contributed by atoms with E-state index < -0.39 is 5.82 Å². The minimum absolute atomic E-state index is 0.128. The van der Waals surface area contributed by atoms with Crippen molar-refractivity contribution in [2.45, 2.75) is 0 Å². The van der Waals surface area contributed by atoms with E-state index >= 15 is 0 Å². The second-order valence-corrected chi connectivity index (χ2v) is 3.79. The number of hydrogen-bond donors (Lipinski definition) is 1. The molecule has 0 unspecified atom stereocenters. The summed E-state index contributed by atoms with van der Waals surface area (Å²) in [5.41, 5.74) is 6.50. The maximum Gasteiger partial charge on any atom is 0.195 e. The summed E-state index contributed by atoms with van der Waals surface area (Å²) in [5, 5.41) is 0. The standard InChI is InChI=1S/C14H12FNO2/c1-18-11-4-2-3-9(7-11)14(17)12-6-5-10(15)8-13(12)16/h2-8H,16H2,1H3. The van der Waals surface area contributed by atoms with E-state index in [0.29, 0.717) is 11.3 Å². The number of nitrogen functional groups attached to an aromatic ring is 1. The fraction of sp³-hybridized carbons (Fsp3) is 0.0714. The molecule has 0 aliphatic heterocycles. The Morgan fingerprint density at radius 2 is 2.00 bits per heavy atom. The van der Waals surface area contributed by atoms with Gasteiger partial charge in [0.2, 0.25) is 0 Å². The van der Waals surface area contributed by atoms with E-state index in [4.69, 9.17) is 10.5 Å². The number of hydrogen-bond acceptors (Lipinski definition) is 3. The van der Waals surface area contributed by atoms with Crippen molar-refractivity contribution in [3.8, 4) is 5.75 Å². The number of carbonyl (C=O) groups excluding carboxylic acids is 1. The molecule has 0 aliphatic rings. The maximum atomic E-state index is 12.9. The van der Waals surface area contributed by atoms with Gasteiger partial charge in [0.25, 0.3) is 0 Å². The summed E-state index contributed by atoms with van der Waals surface area (Å²) < 4.78 is 18.0. The van der Waals surface area contributed by atoms with Crippen LogP contribution in [0.5, 0.6) is 5.75 Å². The SMILES string of the molecule is COc1cccc(C(=O)c2ccc(F)cc2N)c1. The van der Waals surface area contributed by atoms with Gasteiger partial charge in [0, 0.05) is 16.8 Å². The maximum absolute atomic E-state index is 12.9. The Hall–Kier alpha value is -2.36. The lowest BCUT2D eigenvalue weighted by atomic mass is 10.0. The Morgan fingerprint density at radius 3 is 2.67 bits per heavy atom. The van der Waals surface area contributed by atoms with Crippen molar-refractivity contribution < 1.29 is 13.9 Å². The number of nitrogens with two attached hydrogens (primary N) is 1. The van der Waals surface area contributed by atoms with E-state index in [1.807, 2.05) is 0 Å². The van der Waals surface area contributed by atoms with Gasteiger partial charge in [0.1, 0.15) is 11.6 Å². The molecule has 0 saturated carbocycles. The minimum atomic E-state index is -0.463. The molecule has 0 bridgehead atoms. The first-order chi connectivity index (χ1) is 8.61. The Balaban J connectivity index is 2.41. The van der Waals surface area contributed by atoms with Crippen LogP contribution in [0.25, 0.3) is 0 Å². The van der Waals surface area contributed by atoms with Crippen molar-refractivity contribution in [3.63, 3.8) is 0 Å². The Bertz CT molecular complexity index is 596. The van der Waals surface area contributed by atoms with E-state index in [0.717, 1.165) is 6.07 Å². The molecule has 0 heterocycles. The fourth-order valence-electron chi connectivity index (χ4n) is 1.66. The van der Waals surface area contributed by atoms with Gasteiger partial charge in [0.15, 0.2) is 5.78 Å². The lowest BCUT2D eigenvalue weighted by Crippen LogP contribution is -2.05. The van der Waals surface area contributed by atoms with Crippen molar-refractivity contribution >= 4 is 11.5 Å². The first kappa shape index (κ1) is 12.1. The highest BCUT2D eigenvalue weighted by Gasteiger charge is 2.13. The zero-order valence-corrected chi connectivity index (χ0v) is 9.81. The second-order valence-electron chi connectivity index (χ2n) is 3.79. The van der Waals surface area contributed by atoms with Gasteiger partial charge in [-0.2, -0.15) is 0 Å². The highest BCUT2D eigenvalue weighted by atomic mass is 19.1. The zero-order chi connectivity index (χ0) is 13.1. The molecule has 3 nitrogen and oxygen atoms in total. The highest BCUT2D eigenvalue weighted by Crippen LogP contribution is 2.20. The lowest BCUT2D eigenvalue weighted by molar-refractivity contribution is 0.103. The van der Waals surface area contributed by atoms with E-state index in [-0.39, 0.29) is 17.0 Å². The molecule has 2 N–H and O–H groups in total. The summed E-state index contributed by atoms with van der Waals surface area (Å²) >= 11 is 0. The van der Waals surface area contributed by atoms with Crippen LogP contribution in [-0.2, 0) is 0 Å². The summed E-state index contributed by atoms with van der Waals surface area (Å²) in [5.74, 6) is -0.136. The molecule has 0 fully saturated rings. The summed E-state index contributed by atoms with van der Waals surface area (Å²) in [6, 6.07) is 10.5. The minimum Gasteiger partial charge on any atom is -0.497 e. The normalized spacial score (nSPS) is 10.1. The molecule has 0 saturated heterocycles. The van der Waals surface area contributed by atoms with Crippen LogP contribution in [0, 0.1) is 5.82 Å². The number of methoxy groups -OCH3 is 1. The Morgan fingerprint density at radius 1 is 1.22 bits per heavy atom. The molecule has 4 heteroatoms. The van der Waals surface area contributed by atoms with Crippen molar-refractivity contribution in [2.75, 3.05) is 12.8 Å². The number of ketones is 1. The predicted octanol–water partition coefficient (Wildman–Crippen LogP) is 2.65. The average molecular weight is 245 g/mol. The molecule has 18 heavy (non-hydrogen) atoms. The van der Waals surface area contributed by atoms with Crippen LogP contribution in [0.4, 0.5) is 10.1 Å². The molecule has 0 radical (unpaired) electrons. The van der Waals surface area contributed by atoms with Gasteiger partial charge in [-0.05, 0) is 30.3 Å².